The molecule has 1 N–H and O–H groups in total. The van der Waals surface area contributed by atoms with E-state index < -0.39 is 33.7 Å². The molecule has 1 saturated heterocycles. The van der Waals surface area contributed by atoms with Crippen LogP contribution in [0.4, 0.5) is 4.79 Å². The summed E-state index contributed by atoms with van der Waals surface area (Å²) in [7, 11) is -2.73. The lowest BCUT2D eigenvalue weighted by Crippen LogP contribution is -2.49. The van der Waals surface area contributed by atoms with Crippen LogP contribution in [0.15, 0.2) is 29.2 Å². The van der Waals surface area contributed by atoms with Crippen molar-refractivity contribution in [2.75, 3.05) is 13.6 Å². The van der Waals surface area contributed by atoms with Crippen molar-refractivity contribution < 1.29 is 22.7 Å². The van der Waals surface area contributed by atoms with Crippen LogP contribution in [0, 0.1) is 6.92 Å². The van der Waals surface area contributed by atoms with E-state index in [0.717, 1.165) is 5.56 Å². The second-order valence-electron chi connectivity index (χ2n) is 7.23. The fraction of sp³-hybridized carbons (Fsp3) is 0.529. The molecule has 8 nitrogen and oxygen atoms in total. The van der Waals surface area contributed by atoms with E-state index >= 15 is 0 Å². The van der Waals surface area contributed by atoms with Crippen LogP contribution in [0.2, 0.25) is 0 Å². The summed E-state index contributed by atoms with van der Waals surface area (Å²) in [6.45, 7) is 7.32. The molecule has 0 aromatic heterocycles. The second-order valence-corrected chi connectivity index (χ2v) is 9.20. The van der Waals surface area contributed by atoms with Gasteiger partial charge in [0.2, 0.25) is 0 Å². The Morgan fingerprint density at radius 3 is 2.35 bits per heavy atom. The molecule has 26 heavy (non-hydrogen) atoms. The van der Waals surface area contributed by atoms with Crippen molar-refractivity contribution in [2.24, 2.45) is 0 Å². The van der Waals surface area contributed by atoms with Crippen LogP contribution >= 0.6 is 0 Å². The Kier molecular flexibility index (Phi) is 5.62. The first-order valence-electron chi connectivity index (χ1n) is 8.28. The molecule has 1 fully saturated rings. The van der Waals surface area contributed by atoms with Gasteiger partial charge in [-0.15, -0.1) is 0 Å². The van der Waals surface area contributed by atoms with Crippen LogP contribution < -0.4 is 5.43 Å². The molecule has 2 rings (SSSR count). The number of sulfonamides is 1. The van der Waals surface area contributed by atoms with Crippen LogP contribution in [0.5, 0.6) is 0 Å². The van der Waals surface area contributed by atoms with Gasteiger partial charge in [-0.1, -0.05) is 17.7 Å². The monoisotopic (exact) mass is 383 g/mol. The summed E-state index contributed by atoms with van der Waals surface area (Å²) in [5, 5.41) is 1.19. The van der Waals surface area contributed by atoms with Gasteiger partial charge in [0.05, 0.1) is 4.90 Å². The first-order chi connectivity index (χ1) is 11.9. The number of amides is 2. The lowest BCUT2D eigenvalue weighted by atomic mass is 10.2. The third-order valence-corrected chi connectivity index (χ3v) is 5.62. The SMILES string of the molecule is Cc1ccc(S(=O)(=O)N(C)C(=O)C2CCN(C(=O)OC(C)(C)C)N2)cc1. The zero-order valence-corrected chi connectivity index (χ0v) is 16.5. The molecule has 0 bridgehead atoms. The quantitative estimate of drug-likeness (QED) is 0.853. The Morgan fingerprint density at radius 1 is 1.23 bits per heavy atom. The van der Waals surface area contributed by atoms with Gasteiger partial charge in [-0.3, -0.25) is 4.79 Å². The maximum atomic E-state index is 12.6. The molecule has 144 valence electrons. The Balaban J connectivity index is 2.07. The van der Waals surface area contributed by atoms with Crippen molar-refractivity contribution in [3.05, 3.63) is 29.8 Å². The highest BCUT2D eigenvalue weighted by molar-refractivity contribution is 7.89. The Morgan fingerprint density at radius 2 is 1.81 bits per heavy atom. The number of aryl methyl sites for hydroxylation is 1. The van der Waals surface area contributed by atoms with E-state index in [1.807, 2.05) is 6.92 Å². The molecule has 2 amide bonds. The standard InChI is InChI=1S/C17H25N3O5S/c1-12-6-8-13(9-7-12)26(23,24)19(5)15(21)14-10-11-20(18-14)16(22)25-17(2,3)4/h6-9,14,18H,10-11H2,1-5H3. The largest absolute Gasteiger partial charge is 0.443 e. The summed E-state index contributed by atoms with van der Waals surface area (Å²) in [5.74, 6) is -0.628. The van der Waals surface area contributed by atoms with Gasteiger partial charge in [0, 0.05) is 13.6 Å². The van der Waals surface area contributed by atoms with Crippen molar-refractivity contribution in [3.63, 3.8) is 0 Å². The number of nitrogens with zero attached hydrogens (tertiary/aromatic N) is 2. The number of carbonyl (C=O) groups excluding carboxylic acids is 2. The number of hydrogen-bond acceptors (Lipinski definition) is 6. The van der Waals surface area contributed by atoms with Crippen LogP contribution in [-0.4, -0.2) is 55.0 Å². The summed E-state index contributed by atoms with van der Waals surface area (Å²) in [4.78, 5) is 24.7. The van der Waals surface area contributed by atoms with Crippen molar-refractivity contribution in [1.82, 2.24) is 14.7 Å². The maximum absolute atomic E-state index is 12.6. The topological polar surface area (TPSA) is 96.0 Å². The van der Waals surface area contributed by atoms with Crippen molar-refractivity contribution in [1.29, 1.82) is 0 Å². The number of ether oxygens (including phenoxy) is 1. The van der Waals surface area contributed by atoms with Gasteiger partial charge in [0.1, 0.15) is 11.6 Å². The highest BCUT2D eigenvalue weighted by Gasteiger charge is 2.37. The predicted octanol–water partition coefficient (Wildman–Crippen LogP) is 1.66. The fourth-order valence-corrected chi connectivity index (χ4v) is 3.58. The molecule has 1 aliphatic rings. The predicted molar refractivity (Wildman–Crippen MR) is 95.6 cm³/mol. The molecule has 0 aliphatic carbocycles. The summed E-state index contributed by atoms with van der Waals surface area (Å²) >= 11 is 0. The molecule has 0 saturated carbocycles. The van der Waals surface area contributed by atoms with E-state index in [1.165, 1.54) is 24.2 Å². The molecule has 0 spiro atoms. The molecule has 1 aromatic carbocycles. The maximum Gasteiger partial charge on any atom is 0.424 e. The minimum atomic E-state index is -3.95. The highest BCUT2D eigenvalue weighted by Crippen LogP contribution is 2.19. The van der Waals surface area contributed by atoms with Crippen LogP contribution in [-0.2, 0) is 19.6 Å². The normalized spacial score (nSPS) is 17.9. The van der Waals surface area contributed by atoms with E-state index in [-0.39, 0.29) is 11.4 Å². The van der Waals surface area contributed by atoms with Crippen molar-refractivity contribution in [3.8, 4) is 0 Å². The van der Waals surface area contributed by atoms with Crippen molar-refractivity contribution >= 4 is 22.0 Å². The summed E-state index contributed by atoms with van der Waals surface area (Å²) in [6.07, 6.45) is -0.303. The average Bonchev–Trinajstić information content (AvgIpc) is 3.02. The molecule has 1 aromatic rings. The first-order valence-corrected chi connectivity index (χ1v) is 9.72. The average molecular weight is 383 g/mol. The first kappa shape index (κ1) is 20.2. The fourth-order valence-electron chi connectivity index (χ4n) is 2.42. The Hall–Kier alpha value is -2.13. The molecule has 9 heteroatoms. The highest BCUT2D eigenvalue weighted by atomic mass is 32.2. The van der Waals surface area contributed by atoms with Gasteiger partial charge in [0.25, 0.3) is 15.9 Å². The third-order valence-electron chi connectivity index (χ3n) is 3.85. The lowest BCUT2D eigenvalue weighted by Gasteiger charge is -2.25. The Labute approximate surface area is 154 Å². The molecule has 1 aliphatic heterocycles. The number of nitrogens with one attached hydrogen (secondary N) is 1. The molecule has 1 heterocycles. The van der Waals surface area contributed by atoms with Gasteiger partial charge >= 0.3 is 6.09 Å². The van der Waals surface area contributed by atoms with Gasteiger partial charge in [-0.05, 0) is 46.2 Å². The number of carbonyl (C=O) groups is 2. The van der Waals surface area contributed by atoms with Crippen LogP contribution in [0.3, 0.4) is 0 Å². The molecule has 1 unspecified atom stereocenters. The number of benzene rings is 1. The van der Waals surface area contributed by atoms with E-state index in [1.54, 1.807) is 32.9 Å². The van der Waals surface area contributed by atoms with Crippen molar-refractivity contribution in [2.45, 2.75) is 50.7 Å². The zero-order valence-electron chi connectivity index (χ0n) is 15.6. The molecular formula is C17H25N3O5S. The smallest absolute Gasteiger partial charge is 0.424 e. The number of likely N-dealkylation sites (N-methyl/N-ethyl adjacent to an activating group) is 1. The van der Waals surface area contributed by atoms with E-state index in [0.29, 0.717) is 10.7 Å². The summed E-state index contributed by atoms with van der Waals surface area (Å²) in [5.41, 5.74) is 2.99. The lowest BCUT2D eigenvalue weighted by molar-refractivity contribution is -0.127. The number of hydrazine groups is 1. The summed E-state index contributed by atoms with van der Waals surface area (Å²) < 4.78 is 31.2. The van der Waals surface area contributed by atoms with Gasteiger partial charge in [-0.25, -0.2) is 28.0 Å². The molecule has 0 radical (unpaired) electrons. The van der Waals surface area contributed by atoms with E-state index in [4.69, 9.17) is 4.74 Å². The van der Waals surface area contributed by atoms with E-state index in [2.05, 4.69) is 5.43 Å². The zero-order chi connectivity index (χ0) is 19.7. The van der Waals surface area contributed by atoms with Crippen LogP contribution in [0.1, 0.15) is 32.8 Å². The Bertz CT molecular complexity index is 784. The second kappa shape index (κ2) is 7.24. The number of rotatable bonds is 3. The van der Waals surface area contributed by atoms with E-state index in [9.17, 15) is 18.0 Å². The van der Waals surface area contributed by atoms with Crippen LogP contribution in [0.25, 0.3) is 0 Å². The summed E-state index contributed by atoms with van der Waals surface area (Å²) in [6, 6.07) is 5.45. The van der Waals surface area contributed by atoms with Gasteiger partial charge < -0.3 is 4.74 Å². The van der Waals surface area contributed by atoms with Gasteiger partial charge in [-0.2, -0.15) is 0 Å². The minimum Gasteiger partial charge on any atom is -0.443 e. The minimum absolute atomic E-state index is 0.0425. The molecule has 1 atom stereocenters. The van der Waals surface area contributed by atoms with Gasteiger partial charge in [0.15, 0.2) is 0 Å². The third kappa shape index (κ3) is 4.53. The number of hydrogen-bond donors (Lipinski definition) is 1. The molecular weight excluding hydrogens is 358 g/mol.